The Bertz CT molecular complexity index is 413. The number of rotatable bonds is 6. The molecule has 0 aliphatic heterocycles. The summed E-state index contributed by atoms with van der Waals surface area (Å²) in [6, 6.07) is 2.71. The SMILES string of the molecule is CCS(=O)CCNc1cc(OC)c(F)cc1N. The smallest absolute Gasteiger partial charge is 0.167 e. The molecule has 1 unspecified atom stereocenters. The predicted octanol–water partition coefficient (Wildman–Crippen LogP) is 1.60. The number of benzene rings is 1. The fraction of sp³-hybridized carbons (Fsp3) is 0.455. The van der Waals surface area contributed by atoms with Crippen molar-refractivity contribution in [2.75, 3.05) is 36.2 Å². The predicted molar refractivity (Wildman–Crippen MR) is 69.4 cm³/mol. The van der Waals surface area contributed by atoms with E-state index in [4.69, 9.17) is 10.5 Å². The van der Waals surface area contributed by atoms with E-state index in [1.165, 1.54) is 19.2 Å². The van der Waals surface area contributed by atoms with Crippen molar-refractivity contribution in [1.29, 1.82) is 0 Å². The molecule has 0 aliphatic rings. The Balaban J connectivity index is 2.67. The van der Waals surface area contributed by atoms with Gasteiger partial charge in [-0.05, 0) is 0 Å². The van der Waals surface area contributed by atoms with E-state index in [1.54, 1.807) is 0 Å². The lowest BCUT2D eigenvalue weighted by Gasteiger charge is -2.11. The second-order valence-corrected chi connectivity index (χ2v) is 5.30. The molecule has 96 valence electrons. The molecule has 0 aliphatic carbocycles. The first-order valence-corrected chi connectivity index (χ1v) is 6.79. The van der Waals surface area contributed by atoms with Crippen LogP contribution in [-0.2, 0) is 10.8 Å². The number of nitrogens with one attached hydrogen (secondary N) is 1. The van der Waals surface area contributed by atoms with Crippen molar-refractivity contribution < 1.29 is 13.3 Å². The Morgan fingerprint density at radius 1 is 1.53 bits per heavy atom. The topological polar surface area (TPSA) is 64.3 Å². The third-order valence-corrected chi connectivity index (χ3v) is 3.59. The lowest BCUT2D eigenvalue weighted by molar-refractivity contribution is 0.387. The van der Waals surface area contributed by atoms with Gasteiger partial charge in [-0.3, -0.25) is 4.21 Å². The van der Waals surface area contributed by atoms with Gasteiger partial charge in [-0.2, -0.15) is 0 Å². The molecule has 0 bridgehead atoms. The molecular weight excluding hydrogens is 243 g/mol. The lowest BCUT2D eigenvalue weighted by atomic mass is 10.2. The fourth-order valence-electron chi connectivity index (χ4n) is 1.32. The third-order valence-electron chi connectivity index (χ3n) is 2.29. The van der Waals surface area contributed by atoms with Crippen molar-refractivity contribution in [3.8, 4) is 5.75 Å². The van der Waals surface area contributed by atoms with E-state index in [2.05, 4.69) is 5.32 Å². The van der Waals surface area contributed by atoms with Crippen LogP contribution in [0, 0.1) is 5.82 Å². The Morgan fingerprint density at radius 3 is 2.82 bits per heavy atom. The normalized spacial score (nSPS) is 12.2. The number of methoxy groups -OCH3 is 1. The average Bonchev–Trinajstić information content (AvgIpc) is 2.31. The number of anilines is 2. The first kappa shape index (κ1) is 13.8. The Labute approximate surface area is 103 Å². The van der Waals surface area contributed by atoms with Gasteiger partial charge in [0.2, 0.25) is 0 Å². The summed E-state index contributed by atoms with van der Waals surface area (Å²) in [5.41, 5.74) is 6.57. The van der Waals surface area contributed by atoms with Crippen LogP contribution >= 0.6 is 0 Å². The van der Waals surface area contributed by atoms with E-state index >= 15 is 0 Å². The first-order chi connectivity index (χ1) is 8.08. The summed E-state index contributed by atoms with van der Waals surface area (Å²) in [7, 11) is 0.566. The zero-order valence-electron chi connectivity index (χ0n) is 9.96. The molecule has 0 heterocycles. The molecule has 1 rings (SSSR count). The fourth-order valence-corrected chi connectivity index (χ4v) is 1.94. The van der Waals surface area contributed by atoms with Gasteiger partial charge in [-0.1, -0.05) is 6.92 Å². The summed E-state index contributed by atoms with van der Waals surface area (Å²) in [4.78, 5) is 0. The van der Waals surface area contributed by atoms with Gasteiger partial charge < -0.3 is 15.8 Å². The highest BCUT2D eigenvalue weighted by atomic mass is 32.2. The Morgan fingerprint density at radius 2 is 2.24 bits per heavy atom. The molecule has 0 fully saturated rings. The quantitative estimate of drug-likeness (QED) is 0.763. The van der Waals surface area contributed by atoms with Crippen LogP contribution in [0.2, 0.25) is 0 Å². The van der Waals surface area contributed by atoms with Crippen LogP contribution in [0.4, 0.5) is 15.8 Å². The number of nitrogen functional groups attached to an aromatic ring is 1. The van der Waals surface area contributed by atoms with Gasteiger partial charge in [0.05, 0.1) is 18.5 Å². The second kappa shape index (κ2) is 6.44. The molecule has 1 aromatic rings. The molecular formula is C11H17FN2O2S. The van der Waals surface area contributed by atoms with Crippen molar-refractivity contribution in [2.24, 2.45) is 0 Å². The molecule has 4 nitrogen and oxygen atoms in total. The minimum Gasteiger partial charge on any atom is -0.494 e. The maximum atomic E-state index is 13.3. The van der Waals surface area contributed by atoms with Gasteiger partial charge in [0.15, 0.2) is 11.6 Å². The standard InChI is InChI=1S/C11H17FN2O2S/c1-3-17(15)5-4-14-10-7-11(16-2)8(12)6-9(10)13/h6-7,14H,3-5,13H2,1-2H3. The van der Waals surface area contributed by atoms with Crippen molar-refractivity contribution in [3.63, 3.8) is 0 Å². The molecule has 0 amide bonds. The second-order valence-electron chi connectivity index (χ2n) is 3.43. The van der Waals surface area contributed by atoms with Crippen LogP contribution in [0.3, 0.4) is 0 Å². The van der Waals surface area contributed by atoms with Crippen molar-refractivity contribution >= 4 is 22.2 Å². The number of halogens is 1. The van der Waals surface area contributed by atoms with Crippen LogP contribution in [0.5, 0.6) is 5.75 Å². The summed E-state index contributed by atoms with van der Waals surface area (Å²) >= 11 is 0. The van der Waals surface area contributed by atoms with Gasteiger partial charge >= 0.3 is 0 Å². The number of hydrogen-bond acceptors (Lipinski definition) is 4. The van der Waals surface area contributed by atoms with Gasteiger partial charge in [0, 0.05) is 41.0 Å². The van der Waals surface area contributed by atoms with Crippen LogP contribution in [-0.4, -0.2) is 29.4 Å². The van der Waals surface area contributed by atoms with E-state index in [-0.39, 0.29) is 5.75 Å². The van der Waals surface area contributed by atoms with Gasteiger partial charge in [0.1, 0.15) is 0 Å². The number of nitrogens with two attached hydrogens (primary N) is 1. The minimum atomic E-state index is -0.827. The van der Waals surface area contributed by atoms with Crippen LogP contribution < -0.4 is 15.8 Å². The maximum absolute atomic E-state index is 13.3. The van der Waals surface area contributed by atoms with Crippen LogP contribution in [0.25, 0.3) is 0 Å². The van der Waals surface area contributed by atoms with E-state index < -0.39 is 16.6 Å². The summed E-state index contributed by atoms with van der Waals surface area (Å²) in [6.45, 7) is 2.39. The Hall–Kier alpha value is -1.30. The molecule has 6 heteroatoms. The van der Waals surface area contributed by atoms with Crippen molar-refractivity contribution in [1.82, 2.24) is 0 Å². The summed E-state index contributed by atoms with van der Waals surface area (Å²) in [5.74, 6) is 0.811. The summed E-state index contributed by atoms with van der Waals surface area (Å²) in [5, 5.41) is 3.02. The summed E-state index contributed by atoms with van der Waals surface area (Å²) < 4.78 is 29.3. The molecule has 1 atom stereocenters. The molecule has 17 heavy (non-hydrogen) atoms. The zero-order chi connectivity index (χ0) is 12.8. The molecule has 0 saturated heterocycles. The Kier molecular flexibility index (Phi) is 5.21. The molecule has 0 saturated carbocycles. The van der Waals surface area contributed by atoms with E-state index in [1.807, 2.05) is 6.92 Å². The van der Waals surface area contributed by atoms with Gasteiger partial charge in [-0.15, -0.1) is 0 Å². The largest absolute Gasteiger partial charge is 0.494 e. The van der Waals surface area contributed by atoms with E-state index in [0.29, 0.717) is 29.4 Å². The van der Waals surface area contributed by atoms with Crippen LogP contribution in [0.1, 0.15) is 6.92 Å². The molecule has 0 aromatic heterocycles. The highest BCUT2D eigenvalue weighted by Gasteiger charge is 2.08. The first-order valence-electron chi connectivity index (χ1n) is 5.30. The lowest BCUT2D eigenvalue weighted by Crippen LogP contribution is -2.13. The highest BCUT2D eigenvalue weighted by Crippen LogP contribution is 2.27. The van der Waals surface area contributed by atoms with Crippen molar-refractivity contribution in [2.45, 2.75) is 6.92 Å². The molecule has 0 radical (unpaired) electrons. The highest BCUT2D eigenvalue weighted by molar-refractivity contribution is 7.84. The van der Waals surface area contributed by atoms with E-state index in [9.17, 15) is 8.60 Å². The minimum absolute atomic E-state index is 0.137. The zero-order valence-corrected chi connectivity index (χ0v) is 10.8. The summed E-state index contributed by atoms with van der Waals surface area (Å²) in [6.07, 6.45) is 0. The molecule has 1 aromatic carbocycles. The molecule has 0 spiro atoms. The van der Waals surface area contributed by atoms with Gasteiger partial charge in [-0.25, -0.2) is 4.39 Å². The maximum Gasteiger partial charge on any atom is 0.167 e. The molecule has 3 N–H and O–H groups in total. The van der Waals surface area contributed by atoms with Crippen molar-refractivity contribution in [3.05, 3.63) is 17.9 Å². The average molecular weight is 260 g/mol. The van der Waals surface area contributed by atoms with Gasteiger partial charge in [0.25, 0.3) is 0 Å². The third kappa shape index (κ3) is 3.89. The number of hydrogen-bond donors (Lipinski definition) is 2. The van der Waals surface area contributed by atoms with E-state index in [0.717, 1.165) is 0 Å². The monoisotopic (exact) mass is 260 g/mol. The van der Waals surface area contributed by atoms with Crippen LogP contribution in [0.15, 0.2) is 12.1 Å². The number of ether oxygens (including phenoxy) is 1.